The van der Waals surface area contributed by atoms with Gasteiger partial charge in [0.05, 0.1) is 18.8 Å². The van der Waals surface area contributed by atoms with Gasteiger partial charge >= 0.3 is 0 Å². The lowest BCUT2D eigenvalue weighted by atomic mass is 10.1. The third-order valence-electron chi connectivity index (χ3n) is 2.36. The van der Waals surface area contributed by atoms with Crippen molar-refractivity contribution in [2.24, 2.45) is 10.8 Å². The van der Waals surface area contributed by atoms with E-state index >= 15 is 0 Å². The molecule has 0 saturated heterocycles. The van der Waals surface area contributed by atoms with E-state index in [2.05, 4.69) is 27.7 Å². The van der Waals surface area contributed by atoms with E-state index in [-0.39, 0.29) is 5.11 Å². The summed E-state index contributed by atoms with van der Waals surface area (Å²) >= 11 is 4.67. The van der Waals surface area contributed by atoms with Crippen LogP contribution in [0.25, 0.3) is 10.9 Å². The number of aromatic nitrogens is 1. The molecule has 1 heterocycles. The number of hydrazone groups is 1. The van der Waals surface area contributed by atoms with E-state index in [0.717, 1.165) is 22.2 Å². The number of methoxy groups -OCH3 is 1. The smallest absolute Gasteiger partial charge is 0.184 e. The van der Waals surface area contributed by atoms with Crippen LogP contribution in [0.4, 0.5) is 0 Å². The highest BCUT2D eigenvalue weighted by atomic mass is 32.1. The van der Waals surface area contributed by atoms with Crippen LogP contribution < -0.4 is 15.9 Å². The van der Waals surface area contributed by atoms with Crippen molar-refractivity contribution in [1.82, 2.24) is 10.4 Å². The molecule has 0 bridgehead atoms. The zero-order valence-corrected chi connectivity index (χ0v) is 10.6. The fourth-order valence-electron chi connectivity index (χ4n) is 1.55. The van der Waals surface area contributed by atoms with Crippen molar-refractivity contribution in [2.45, 2.75) is 0 Å². The Morgan fingerprint density at radius 1 is 1.50 bits per heavy atom. The van der Waals surface area contributed by atoms with Crippen LogP contribution >= 0.6 is 12.2 Å². The van der Waals surface area contributed by atoms with E-state index in [1.165, 1.54) is 0 Å². The molecule has 0 atom stereocenters. The Labute approximate surface area is 110 Å². The Balaban J connectivity index is 2.43. The Morgan fingerprint density at radius 3 is 3.06 bits per heavy atom. The minimum Gasteiger partial charge on any atom is -0.497 e. The number of ether oxygens (including phenoxy) is 1. The SMILES string of the molecule is COc1ccc2nccc(C=NNC(N)=S)c2c1. The highest BCUT2D eigenvalue weighted by molar-refractivity contribution is 7.80. The van der Waals surface area contributed by atoms with Crippen molar-refractivity contribution in [3.05, 3.63) is 36.0 Å². The first kappa shape index (κ1) is 12.3. The normalized spacial score (nSPS) is 10.7. The van der Waals surface area contributed by atoms with E-state index in [1.54, 1.807) is 19.5 Å². The number of hydrogen-bond donors (Lipinski definition) is 2. The number of nitrogens with one attached hydrogen (secondary N) is 1. The van der Waals surface area contributed by atoms with Gasteiger partial charge in [-0.05, 0) is 36.5 Å². The lowest BCUT2D eigenvalue weighted by Gasteiger charge is -2.04. The molecule has 2 aromatic rings. The molecular formula is C12H12N4OS. The van der Waals surface area contributed by atoms with Crippen LogP contribution in [0.1, 0.15) is 5.56 Å². The number of nitrogens with zero attached hydrogens (tertiary/aromatic N) is 2. The molecule has 0 saturated carbocycles. The summed E-state index contributed by atoms with van der Waals surface area (Å²) in [6.45, 7) is 0. The van der Waals surface area contributed by atoms with Gasteiger partial charge in [0.2, 0.25) is 0 Å². The summed E-state index contributed by atoms with van der Waals surface area (Å²) in [7, 11) is 1.62. The van der Waals surface area contributed by atoms with Crippen LogP contribution in [0.5, 0.6) is 5.75 Å². The minimum absolute atomic E-state index is 0.127. The first-order valence-corrected chi connectivity index (χ1v) is 5.63. The number of fused-ring (bicyclic) bond motifs is 1. The van der Waals surface area contributed by atoms with Crippen LogP contribution in [0.2, 0.25) is 0 Å². The zero-order chi connectivity index (χ0) is 13.0. The second-order valence-electron chi connectivity index (χ2n) is 3.52. The molecule has 2 rings (SSSR count). The van der Waals surface area contributed by atoms with Gasteiger partial charge in [0.1, 0.15) is 5.75 Å². The van der Waals surface area contributed by atoms with E-state index in [0.29, 0.717) is 0 Å². The molecular weight excluding hydrogens is 248 g/mol. The molecule has 1 aromatic carbocycles. The average molecular weight is 260 g/mol. The van der Waals surface area contributed by atoms with Crippen molar-refractivity contribution >= 4 is 34.4 Å². The van der Waals surface area contributed by atoms with Crippen LogP contribution in [0.3, 0.4) is 0 Å². The topological polar surface area (TPSA) is 72.5 Å². The van der Waals surface area contributed by atoms with Crippen molar-refractivity contribution in [3.8, 4) is 5.75 Å². The predicted octanol–water partition coefficient (Wildman–Crippen LogP) is 1.41. The van der Waals surface area contributed by atoms with Gasteiger partial charge < -0.3 is 10.5 Å². The number of rotatable bonds is 3. The van der Waals surface area contributed by atoms with E-state index in [4.69, 9.17) is 10.5 Å². The first-order chi connectivity index (χ1) is 8.70. The second kappa shape index (κ2) is 5.42. The van der Waals surface area contributed by atoms with Gasteiger partial charge in [0.15, 0.2) is 5.11 Å². The number of nitrogens with two attached hydrogens (primary N) is 1. The second-order valence-corrected chi connectivity index (χ2v) is 3.96. The van der Waals surface area contributed by atoms with Gasteiger partial charge in [-0.15, -0.1) is 0 Å². The molecule has 6 heteroatoms. The molecule has 0 fully saturated rings. The number of hydrogen-bond acceptors (Lipinski definition) is 4. The lowest BCUT2D eigenvalue weighted by Crippen LogP contribution is -2.24. The molecule has 92 valence electrons. The van der Waals surface area contributed by atoms with Crippen LogP contribution in [-0.4, -0.2) is 23.4 Å². The van der Waals surface area contributed by atoms with Crippen molar-refractivity contribution in [2.75, 3.05) is 7.11 Å². The molecule has 0 unspecified atom stereocenters. The van der Waals surface area contributed by atoms with E-state index in [9.17, 15) is 0 Å². The lowest BCUT2D eigenvalue weighted by molar-refractivity contribution is 0.415. The fourth-order valence-corrected chi connectivity index (χ4v) is 1.60. The third-order valence-corrected chi connectivity index (χ3v) is 2.45. The number of thiocarbonyl (C=S) groups is 1. The molecule has 0 radical (unpaired) electrons. The van der Waals surface area contributed by atoms with Gasteiger partial charge in [0, 0.05) is 17.1 Å². The highest BCUT2D eigenvalue weighted by Gasteiger charge is 2.01. The summed E-state index contributed by atoms with van der Waals surface area (Å²) < 4.78 is 5.19. The summed E-state index contributed by atoms with van der Waals surface area (Å²) in [5.74, 6) is 0.771. The molecule has 0 aliphatic carbocycles. The fraction of sp³-hybridized carbons (Fsp3) is 0.0833. The molecule has 5 nitrogen and oxygen atoms in total. The summed E-state index contributed by atoms with van der Waals surface area (Å²) in [5.41, 5.74) is 9.58. The van der Waals surface area contributed by atoms with Gasteiger partial charge in [-0.2, -0.15) is 5.10 Å². The van der Waals surface area contributed by atoms with E-state index in [1.807, 2.05) is 24.3 Å². The summed E-state index contributed by atoms with van der Waals surface area (Å²) in [6, 6.07) is 7.52. The quantitative estimate of drug-likeness (QED) is 0.496. The number of benzene rings is 1. The summed E-state index contributed by atoms with van der Waals surface area (Å²) in [5, 5.41) is 5.01. The monoisotopic (exact) mass is 260 g/mol. The molecule has 0 aliphatic heterocycles. The molecule has 3 N–H and O–H groups in total. The highest BCUT2D eigenvalue weighted by Crippen LogP contribution is 2.21. The maximum Gasteiger partial charge on any atom is 0.184 e. The maximum atomic E-state index is 5.29. The molecule has 0 amide bonds. The van der Waals surface area contributed by atoms with Gasteiger partial charge in [0.25, 0.3) is 0 Å². The van der Waals surface area contributed by atoms with Gasteiger partial charge in [-0.1, -0.05) is 0 Å². The van der Waals surface area contributed by atoms with Crippen molar-refractivity contribution in [1.29, 1.82) is 0 Å². The molecule has 18 heavy (non-hydrogen) atoms. The van der Waals surface area contributed by atoms with Gasteiger partial charge in [-0.3, -0.25) is 10.4 Å². The van der Waals surface area contributed by atoms with Crippen molar-refractivity contribution < 1.29 is 4.74 Å². The van der Waals surface area contributed by atoms with Crippen LogP contribution in [-0.2, 0) is 0 Å². The largest absolute Gasteiger partial charge is 0.497 e. The molecule has 0 spiro atoms. The Kier molecular flexibility index (Phi) is 3.69. The summed E-state index contributed by atoms with van der Waals surface area (Å²) in [6.07, 6.45) is 3.36. The van der Waals surface area contributed by atoms with Gasteiger partial charge in [-0.25, -0.2) is 0 Å². The Morgan fingerprint density at radius 2 is 2.33 bits per heavy atom. The predicted molar refractivity (Wildman–Crippen MR) is 75.8 cm³/mol. The standard InChI is InChI=1S/C12H12N4OS/c1-17-9-2-3-11-10(6-9)8(4-5-14-11)7-15-16-12(13)18/h2-7H,1H3,(H3,13,16,18). The van der Waals surface area contributed by atoms with Crippen LogP contribution in [0, 0.1) is 0 Å². The zero-order valence-electron chi connectivity index (χ0n) is 9.75. The molecule has 0 aliphatic rings. The molecule has 1 aromatic heterocycles. The first-order valence-electron chi connectivity index (χ1n) is 5.22. The Bertz CT molecular complexity index is 612. The number of pyridine rings is 1. The minimum atomic E-state index is 0.127. The third kappa shape index (κ3) is 2.72. The maximum absolute atomic E-state index is 5.29. The summed E-state index contributed by atoms with van der Waals surface area (Å²) in [4.78, 5) is 4.27. The van der Waals surface area contributed by atoms with Crippen LogP contribution in [0.15, 0.2) is 35.6 Å². The van der Waals surface area contributed by atoms with E-state index < -0.39 is 0 Å². The Hall–Kier alpha value is -2.21. The average Bonchev–Trinajstić information content (AvgIpc) is 2.38. The van der Waals surface area contributed by atoms with Crippen molar-refractivity contribution in [3.63, 3.8) is 0 Å².